The highest BCUT2D eigenvalue weighted by Gasteiger charge is 2.31. The first-order valence-electron chi connectivity index (χ1n) is 6.91. The molecule has 1 aliphatic rings. The first kappa shape index (κ1) is 16.1. The van der Waals surface area contributed by atoms with Gasteiger partial charge in [-0.05, 0) is 39.0 Å². The lowest BCUT2D eigenvalue weighted by molar-refractivity contribution is -0.177. The molecule has 0 radical (unpaired) electrons. The van der Waals surface area contributed by atoms with E-state index < -0.39 is 5.97 Å². The second kappa shape index (κ2) is 9.07. The lowest BCUT2D eigenvalue weighted by atomic mass is 10.1. The van der Waals surface area contributed by atoms with Crippen molar-refractivity contribution in [2.24, 2.45) is 5.92 Å². The summed E-state index contributed by atoms with van der Waals surface area (Å²) in [6.07, 6.45) is 5.49. The molecular weight excluding hydrogens is 248 g/mol. The van der Waals surface area contributed by atoms with Gasteiger partial charge in [-0.15, -0.1) is 0 Å². The van der Waals surface area contributed by atoms with Gasteiger partial charge in [-0.25, -0.2) is 4.79 Å². The number of carboxylic acids is 1. The van der Waals surface area contributed by atoms with Crippen LogP contribution in [0.25, 0.3) is 0 Å². The summed E-state index contributed by atoms with van der Waals surface area (Å²) in [5.41, 5.74) is 0. The van der Waals surface area contributed by atoms with Crippen molar-refractivity contribution in [3.05, 3.63) is 12.2 Å². The van der Waals surface area contributed by atoms with Gasteiger partial charge in [0.1, 0.15) is 0 Å². The van der Waals surface area contributed by atoms with Crippen LogP contribution in [0.4, 0.5) is 0 Å². The highest BCUT2D eigenvalue weighted by atomic mass is 16.7. The van der Waals surface area contributed by atoms with Gasteiger partial charge in [0.2, 0.25) is 0 Å². The molecular formula is C14H24O5. The Bertz CT molecular complexity index is 280. The third-order valence-corrected chi connectivity index (χ3v) is 2.93. The molecule has 0 aliphatic heterocycles. The highest BCUT2D eigenvalue weighted by Crippen LogP contribution is 2.36. The minimum absolute atomic E-state index is 0.0685. The fourth-order valence-electron chi connectivity index (χ4n) is 1.89. The lowest BCUT2D eigenvalue weighted by Crippen LogP contribution is -2.27. The van der Waals surface area contributed by atoms with Gasteiger partial charge in [-0.2, -0.15) is 0 Å². The molecule has 0 aromatic carbocycles. The minimum Gasteiger partial charge on any atom is -0.478 e. The molecule has 0 aromatic heterocycles. The molecule has 0 bridgehead atoms. The minimum atomic E-state index is -0.920. The monoisotopic (exact) mass is 272 g/mol. The number of rotatable bonds is 11. The van der Waals surface area contributed by atoms with Crippen molar-refractivity contribution in [3.63, 3.8) is 0 Å². The SMILES string of the molecule is CCOC(COC(CC=CC(=O)O)C1CC1)OCC. The Hall–Kier alpha value is -0.910. The van der Waals surface area contributed by atoms with Gasteiger partial charge in [0.25, 0.3) is 0 Å². The van der Waals surface area contributed by atoms with Crippen molar-refractivity contribution in [2.75, 3.05) is 19.8 Å². The Kier molecular flexibility index (Phi) is 7.70. The standard InChI is InChI=1S/C14H24O5/c1-3-17-14(18-4-2)10-19-12(11-8-9-11)6-5-7-13(15)16/h5,7,11-12,14H,3-4,6,8-10H2,1-2H3,(H,15,16). The molecule has 5 nitrogen and oxygen atoms in total. The van der Waals surface area contributed by atoms with Crippen LogP contribution >= 0.6 is 0 Å². The summed E-state index contributed by atoms with van der Waals surface area (Å²) in [4.78, 5) is 10.4. The molecule has 1 saturated carbocycles. The molecule has 1 atom stereocenters. The molecule has 1 rings (SSSR count). The number of aliphatic carboxylic acids is 1. The quantitative estimate of drug-likeness (QED) is 0.461. The highest BCUT2D eigenvalue weighted by molar-refractivity contribution is 5.79. The average Bonchev–Trinajstić information content (AvgIpc) is 3.17. The summed E-state index contributed by atoms with van der Waals surface area (Å²) in [5.74, 6) is -0.376. The van der Waals surface area contributed by atoms with E-state index >= 15 is 0 Å². The summed E-state index contributed by atoms with van der Waals surface area (Å²) in [6, 6.07) is 0. The van der Waals surface area contributed by atoms with Gasteiger partial charge in [0.05, 0.1) is 12.7 Å². The van der Waals surface area contributed by atoms with Crippen LogP contribution in [0, 0.1) is 5.92 Å². The molecule has 1 aliphatic carbocycles. The van der Waals surface area contributed by atoms with E-state index in [0.717, 1.165) is 12.8 Å². The summed E-state index contributed by atoms with van der Waals surface area (Å²) < 4.78 is 16.7. The van der Waals surface area contributed by atoms with Crippen molar-refractivity contribution in [3.8, 4) is 0 Å². The first-order chi connectivity index (χ1) is 9.17. The van der Waals surface area contributed by atoms with Crippen molar-refractivity contribution in [2.45, 2.75) is 45.5 Å². The third kappa shape index (κ3) is 7.30. The summed E-state index contributed by atoms with van der Waals surface area (Å²) >= 11 is 0. The summed E-state index contributed by atoms with van der Waals surface area (Å²) in [6.45, 7) is 5.39. The van der Waals surface area contributed by atoms with Crippen LogP contribution in [0.2, 0.25) is 0 Å². The van der Waals surface area contributed by atoms with Crippen LogP contribution in [0.1, 0.15) is 33.1 Å². The summed E-state index contributed by atoms with van der Waals surface area (Å²) in [5, 5.41) is 8.57. The van der Waals surface area contributed by atoms with Gasteiger partial charge in [0, 0.05) is 19.3 Å². The predicted octanol–water partition coefficient (Wildman–Crippen LogP) is 2.21. The Morgan fingerprint density at radius 3 is 2.37 bits per heavy atom. The van der Waals surface area contributed by atoms with Gasteiger partial charge < -0.3 is 19.3 Å². The largest absolute Gasteiger partial charge is 0.478 e. The first-order valence-corrected chi connectivity index (χ1v) is 6.91. The van der Waals surface area contributed by atoms with Crippen LogP contribution in [0.15, 0.2) is 12.2 Å². The van der Waals surface area contributed by atoms with Gasteiger partial charge in [-0.1, -0.05) is 6.08 Å². The van der Waals surface area contributed by atoms with Crippen molar-refractivity contribution in [1.82, 2.24) is 0 Å². The molecule has 1 fully saturated rings. The number of carboxylic acid groups (broad SMARTS) is 1. The Morgan fingerprint density at radius 2 is 1.89 bits per heavy atom. The number of hydrogen-bond acceptors (Lipinski definition) is 4. The fraction of sp³-hybridized carbons (Fsp3) is 0.786. The molecule has 110 valence electrons. The van der Waals surface area contributed by atoms with Crippen LogP contribution in [-0.4, -0.2) is 43.3 Å². The molecule has 0 amide bonds. The summed E-state index contributed by atoms with van der Waals surface area (Å²) in [7, 11) is 0. The molecule has 0 saturated heterocycles. The van der Waals surface area contributed by atoms with E-state index in [2.05, 4.69) is 0 Å². The van der Waals surface area contributed by atoms with Crippen molar-refractivity contribution < 1.29 is 24.1 Å². The molecule has 0 aromatic rings. The predicted molar refractivity (Wildman–Crippen MR) is 70.9 cm³/mol. The smallest absolute Gasteiger partial charge is 0.327 e. The lowest BCUT2D eigenvalue weighted by Gasteiger charge is -2.21. The molecule has 1 N–H and O–H groups in total. The molecule has 19 heavy (non-hydrogen) atoms. The topological polar surface area (TPSA) is 65.0 Å². The van der Waals surface area contributed by atoms with E-state index in [4.69, 9.17) is 19.3 Å². The van der Waals surface area contributed by atoms with Crippen LogP contribution < -0.4 is 0 Å². The molecule has 1 unspecified atom stereocenters. The number of hydrogen-bond donors (Lipinski definition) is 1. The normalized spacial score (nSPS) is 17.2. The maximum absolute atomic E-state index is 10.4. The van der Waals surface area contributed by atoms with Crippen molar-refractivity contribution >= 4 is 5.97 Å². The zero-order valence-corrected chi connectivity index (χ0v) is 11.7. The van der Waals surface area contributed by atoms with E-state index in [-0.39, 0.29) is 12.4 Å². The molecule has 0 spiro atoms. The zero-order chi connectivity index (χ0) is 14.1. The van der Waals surface area contributed by atoms with E-state index in [9.17, 15) is 4.79 Å². The molecule has 5 heteroatoms. The third-order valence-electron chi connectivity index (χ3n) is 2.93. The Morgan fingerprint density at radius 1 is 1.26 bits per heavy atom. The maximum Gasteiger partial charge on any atom is 0.327 e. The molecule has 0 heterocycles. The number of ether oxygens (including phenoxy) is 3. The van der Waals surface area contributed by atoms with Gasteiger partial charge in [0.15, 0.2) is 6.29 Å². The Balaban J connectivity index is 2.33. The van der Waals surface area contributed by atoms with Crippen LogP contribution in [0.3, 0.4) is 0 Å². The van der Waals surface area contributed by atoms with Crippen molar-refractivity contribution in [1.29, 1.82) is 0 Å². The van der Waals surface area contributed by atoms with Crippen LogP contribution in [-0.2, 0) is 19.0 Å². The maximum atomic E-state index is 10.4. The second-order valence-electron chi connectivity index (χ2n) is 4.53. The number of carbonyl (C=O) groups is 1. The van der Waals surface area contributed by atoms with Gasteiger partial charge >= 0.3 is 5.97 Å². The van der Waals surface area contributed by atoms with E-state index in [1.54, 1.807) is 6.08 Å². The van der Waals surface area contributed by atoms with Crippen LogP contribution in [0.5, 0.6) is 0 Å². The van der Waals surface area contributed by atoms with E-state index in [1.165, 1.54) is 6.08 Å². The zero-order valence-electron chi connectivity index (χ0n) is 11.7. The van der Waals surface area contributed by atoms with E-state index in [0.29, 0.717) is 32.2 Å². The Labute approximate surface area is 114 Å². The van der Waals surface area contributed by atoms with Gasteiger partial charge in [-0.3, -0.25) is 0 Å². The second-order valence-corrected chi connectivity index (χ2v) is 4.53. The van der Waals surface area contributed by atoms with E-state index in [1.807, 2.05) is 13.8 Å². The fourth-order valence-corrected chi connectivity index (χ4v) is 1.89. The average molecular weight is 272 g/mol.